The van der Waals surface area contributed by atoms with E-state index in [9.17, 15) is 4.79 Å². The van der Waals surface area contributed by atoms with Crippen molar-refractivity contribution in [2.75, 3.05) is 13.2 Å². The first-order valence-corrected chi connectivity index (χ1v) is 8.96. The van der Waals surface area contributed by atoms with E-state index >= 15 is 0 Å². The molecule has 4 heteroatoms. The van der Waals surface area contributed by atoms with E-state index in [2.05, 4.69) is 29.6 Å². The van der Waals surface area contributed by atoms with Crippen LogP contribution < -0.4 is 10.1 Å². The molecule has 2 aromatic rings. The van der Waals surface area contributed by atoms with E-state index in [0.717, 1.165) is 29.7 Å². The van der Waals surface area contributed by atoms with Crippen LogP contribution in [0.1, 0.15) is 30.0 Å². The van der Waals surface area contributed by atoms with Crippen molar-refractivity contribution in [3.63, 3.8) is 0 Å². The third-order valence-electron chi connectivity index (χ3n) is 4.17. The van der Waals surface area contributed by atoms with Crippen molar-refractivity contribution in [3.05, 3.63) is 71.3 Å². The molecule has 0 heterocycles. The van der Waals surface area contributed by atoms with E-state index in [1.807, 2.05) is 43.3 Å². The third kappa shape index (κ3) is 6.73. The Hall–Kier alpha value is -2.59. The molecule has 2 N–H and O–H groups in total. The van der Waals surface area contributed by atoms with E-state index in [4.69, 9.17) is 9.84 Å². The van der Waals surface area contributed by atoms with Crippen LogP contribution in [0.15, 0.2) is 54.6 Å². The second-order valence-electron chi connectivity index (χ2n) is 6.33. The molecule has 26 heavy (non-hydrogen) atoms. The minimum atomic E-state index is -0.844. The topological polar surface area (TPSA) is 58.6 Å². The second-order valence-corrected chi connectivity index (χ2v) is 6.33. The Morgan fingerprint density at radius 3 is 2.69 bits per heavy atom. The van der Waals surface area contributed by atoms with Crippen LogP contribution in [0.5, 0.6) is 5.75 Å². The zero-order valence-electron chi connectivity index (χ0n) is 15.4. The van der Waals surface area contributed by atoms with Gasteiger partial charge in [0.1, 0.15) is 11.8 Å². The van der Waals surface area contributed by atoms with Gasteiger partial charge < -0.3 is 15.2 Å². The maximum atomic E-state index is 10.7. The van der Waals surface area contributed by atoms with Gasteiger partial charge in [-0.2, -0.15) is 0 Å². The van der Waals surface area contributed by atoms with Crippen LogP contribution >= 0.6 is 0 Å². The molecule has 0 aliphatic rings. The Labute approximate surface area is 155 Å². The Morgan fingerprint density at radius 2 is 2.00 bits per heavy atom. The Morgan fingerprint density at radius 1 is 1.23 bits per heavy atom. The number of carboxylic acids is 1. The van der Waals surface area contributed by atoms with Crippen molar-refractivity contribution >= 4 is 12.0 Å². The van der Waals surface area contributed by atoms with Crippen LogP contribution in [0.4, 0.5) is 0 Å². The van der Waals surface area contributed by atoms with Crippen LogP contribution in [0.3, 0.4) is 0 Å². The number of aryl methyl sites for hydroxylation is 2. The first kappa shape index (κ1) is 19.7. The third-order valence-corrected chi connectivity index (χ3v) is 4.17. The summed E-state index contributed by atoms with van der Waals surface area (Å²) in [5.41, 5.74) is 3.57. The molecule has 0 amide bonds. The molecule has 0 saturated carbocycles. The van der Waals surface area contributed by atoms with Crippen molar-refractivity contribution < 1.29 is 14.6 Å². The number of hydrogen-bond donors (Lipinski definition) is 2. The molecule has 0 unspecified atom stereocenters. The average Bonchev–Trinajstić information content (AvgIpc) is 2.64. The molecule has 1 atom stereocenters. The predicted octanol–water partition coefficient (Wildman–Crippen LogP) is 4.08. The molecule has 0 aliphatic heterocycles. The summed E-state index contributed by atoms with van der Waals surface area (Å²) in [4.78, 5) is 10.7. The number of carbonyl (C=O) groups is 1. The van der Waals surface area contributed by atoms with Crippen molar-refractivity contribution in [2.45, 2.75) is 32.7 Å². The van der Waals surface area contributed by atoms with Crippen LogP contribution in [0, 0.1) is 6.92 Å². The highest BCUT2D eigenvalue weighted by Gasteiger charge is 2.07. The lowest BCUT2D eigenvalue weighted by atomic mass is 10.1. The lowest BCUT2D eigenvalue weighted by Gasteiger charge is -2.09. The van der Waals surface area contributed by atoms with Gasteiger partial charge in [-0.1, -0.05) is 48.6 Å². The first-order valence-electron chi connectivity index (χ1n) is 8.96. The predicted molar refractivity (Wildman–Crippen MR) is 106 cm³/mol. The number of rotatable bonds is 10. The molecule has 2 rings (SSSR count). The smallest absolute Gasteiger partial charge is 0.320 e. The van der Waals surface area contributed by atoms with Crippen molar-refractivity contribution in [1.82, 2.24) is 5.32 Å². The van der Waals surface area contributed by atoms with Gasteiger partial charge in [0.2, 0.25) is 0 Å². The fourth-order valence-corrected chi connectivity index (χ4v) is 2.55. The van der Waals surface area contributed by atoms with Gasteiger partial charge in [-0.3, -0.25) is 4.79 Å². The maximum absolute atomic E-state index is 10.7. The lowest BCUT2D eigenvalue weighted by Crippen LogP contribution is -2.33. The minimum Gasteiger partial charge on any atom is -0.494 e. The molecule has 4 nitrogen and oxygen atoms in total. The average molecular weight is 353 g/mol. The molecule has 2 aromatic carbocycles. The van der Waals surface area contributed by atoms with Crippen LogP contribution in [0.25, 0.3) is 6.08 Å². The molecule has 0 aliphatic carbocycles. The van der Waals surface area contributed by atoms with Gasteiger partial charge >= 0.3 is 5.97 Å². The van der Waals surface area contributed by atoms with Gasteiger partial charge in [0.15, 0.2) is 0 Å². The fourth-order valence-electron chi connectivity index (χ4n) is 2.55. The summed E-state index contributed by atoms with van der Waals surface area (Å²) in [5, 5.41) is 11.7. The summed E-state index contributed by atoms with van der Waals surface area (Å²) < 4.78 is 5.85. The fraction of sp³-hybridized carbons (Fsp3) is 0.318. The summed E-state index contributed by atoms with van der Waals surface area (Å²) in [6.45, 7) is 4.89. The molecule has 0 bridgehead atoms. The van der Waals surface area contributed by atoms with Crippen molar-refractivity contribution in [2.24, 2.45) is 0 Å². The Kier molecular flexibility index (Phi) is 7.90. The van der Waals surface area contributed by atoms with Crippen LogP contribution in [0.2, 0.25) is 0 Å². The maximum Gasteiger partial charge on any atom is 0.320 e. The molecule has 0 saturated heterocycles. The zero-order valence-corrected chi connectivity index (χ0v) is 15.4. The van der Waals surface area contributed by atoms with Gasteiger partial charge in [-0.15, -0.1) is 0 Å². The summed E-state index contributed by atoms with van der Waals surface area (Å²) in [6.07, 6.45) is 5.93. The van der Waals surface area contributed by atoms with Gasteiger partial charge in [-0.05, 0) is 55.5 Å². The number of benzene rings is 2. The largest absolute Gasteiger partial charge is 0.494 e. The molecule has 0 radical (unpaired) electrons. The highest BCUT2D eigenvalue weighted by molar-refractivity contribution is 5.72. The summed E-state index contributed by atoms with van der Waals surface area (Å²) in [5.74, 6) is 0.0358. The standard InChI is InChI=1S/C22H27NO3/c1-17-16-21(26-15-7-10-19-8-4-3-5-9-19)13-12-20(17)11-6-14-23-18(2)22(24)25/h3-6,8-9,11-13,16,18,23H,7,10,14-15H2,1-2H3,(H,24,25)/b11-6+/t18-/m0/s1. The highest BCUT2D eigenvalue weighted by Crippen LogP contribution is 2.18. The minimum absolute atomic E-state index is 0.518. The SMILES string of the molecule is Cc1cc(OCCCc2ccccc2)ccc1/C=C/CN[C@@H](C)C(=O)O. The second kappa shape index (κ2) is 10.4. The van der Waals surface area contributed by atoms with Crippen LogP contribution in [-0.2, 0) is 11.2 Å². The van der Waals surface area contributed by atoms with Crippen LogP contribution in [-0.4, -0.2) is 30.3 Å². The van der Waals surface area contributed by atoms with Gasteiger partial charge in [0, 0.05) is 6.54 Å². The Balaban J connectivity index is 1.76. The molecule has 0 spiro atoms. The number of ether oxygens (including phenoxy) is 1. The first-order chi connectivity index (χ1) is 12.6. The van der Waals surface area contributed by atoms with E-state index in [-0.39, 0.29) is 0 Å². The molecule has 0 fully saturated rings. The molecule has 138 valence electrons. The van der Waals surface area contributed by atoms with E-state index in [1.54, 1.807) is 6.92 Å². The van der Waals surface area contributed by atoms with E-state index < -0.39 is 12.0 Å². The van der Waals surface area contributed by atoms with Gasteiger partial charge in [-0.25, -0.2) is 0 Å². The zero-order chi connectivity index (χ0) is 18.8. The summed E-state index contributed by atoms with van der Waals surface area (Å²) >= 11 is 0. The number of aliphatic carboxylic acids is 1. The van der Waals surface area contributed by atoms with Gasteiger partial charge in [0.25, 0.3) is 0 Å². The van der Waals surface area contributed by atoms with Crippen molar-refractivity contribution in [3.8, 4) is 5.75 Å². The molecule has 0 aromatic heterocycles. The Bertz CT molecular complexity index is 725. The molecular formula is C22H27NO3. The van der Waals surface area contributed by atoms with E-state index in [0.29, 0.717) is 13.2 Å². The quantitative estimate of drug-likeness (QED) is 0.632. The summed E-state index contributed by atoms with van der Waals surface area (Å²) in [6, 6.07) is 15.9. The normalized spacial score (nSPS) is 12.2. The number of nitrogens with one attached hydrogen (secondary N) is 1. The number of carboxylic acid groups (broad SMARTS) is 1. The highest BCUT2D eigenvalue weighted by atomic mass is 16.5. The van der Waals surface area contributed by atoms with Crippen molar-refractivity contribution in [1.29, 1.82) is 0 Å². The van der Waals surface area contributed by atoms with Gasteiger partial charge in [0.05, 0.1) is 6.61 Å². The molecular weight excluding hydrogens is 326 g/mol. The number of hydrogen-bond acceptors (Lipinski definition) is 3. The monoisotopic (exact) mass is 353 g/mol. The lowest BCUT2D eigenvalue weighted by molar-refractivity contribution is -0.138. The van der Waals surface area contributed by atoms with E-state index in [1.165, 1.54) is 5.56 Å². The summed E-state index contributed by atoms with van der Waals surface area (Å²) in [7, 11) is 0.